The number of carbonyl (C=O) groups is 1. The van der Waals surface area contributed by atoms with Gasteiger partial charge >= 0.3 is 5.97 Å². The molecule has 0 aromatic heterocycles. The van der Waals surface area contributed by atoms with Crippen LogP contribution < -0.4 is 0 Å². The van der Waals surface area contributed by atoms with Crippen LogP contribution in [0.15, 0.2) is 22.7 Å². The second-order valence-corrected chi connectivity index (χ2v) is 3.60. The van der Waals surface area contributed by atoms with E-state index in [1.807, 2.05) is 0 Å². The maximum Gasteiger partial charge on any atom is 0.330 e. The van der Waals surface area contributed by atoms with E-state index in [0.29, 0.717) is 4.47 Å². The van der Waals surface area contributed by atoms with Crippen LogP contribution in [0.1, 0.15) is 5.56 Å². The van der Waals surface area contributed by atoms with Crippen LogP contribution in [0.3, 0.4) is 0 Å². The first-order chi connectivity index (χ1) is 7.04. The quantitative estimate of drug-likeness (QED) is 0.666. The molecule has 0 atom stereocenters. The number of phenolic OH excluding ortho intramolecular Hbond substituents is 1. The monoisotopic (exact) mass is 274 g/mol. The van der Waals surface area contributed by atoms with E-state index in [4.69, 9.17) is 0 Å². The van der Waals surface area contributed by atoms with E-state index in [1.54, 1.807) is 0 Å². The lowest BCUT2D eigenvalue weighted by Crippen LogP contribution is -1.93. The van der Waals surface area contributed by atoms with Crippen molar-refractivity contribution >= 4 is 28.0 Å². The number of benzene rings is 1. The molecule has 1 rings (SSSR count). The molecule has 1 aromatic rings. The summed E-state index contributed by atoms with van der Waals surface area (Å²) < 4.78 is 17.9. The van der Waals surface area contributed by atoms with E-state index in [0.717, 1.165) is 12.1 Å². The van der Waals surface area contributed by atoms with Gasteiger partial charge in [-0.25, -0.2) is 9.18 Å². The van der Waals surface area contributed by atoms with Gasteiger partial charge in [0.15, 0.2) is 11.6 Å². The van der Waals surface area contributed by atoms with E-state index in [1.165, 1.54) is 19.3 Å². The Kier molecular flexibility index (Phi) is 3.85. The van der Waals surface area contributed by atoms with Gasteiger partial charge in [0.05, 0.1) is 7.11 Å². The normalized spacial score (nSPS) is 10.6. The van der Waals surface area contributed by atoms with Gasteiger partial charge in [0.2, 0.25) is 0 Å². The minimum absolute atomic E-state index is 0.201. The lowest BCUT2D eigenvalue weighted by atomic mass is 10.2. The molecule has 15 heavy (non-hydrogen) atoms. The van der Waals surface area contributed by atoms with Crippen LogP contribution in [-0.4, -0.2) is 18.2 Å². The van der Waals surface area contributed by atoms with E-state index in [9.17, 15) is 14.3 Å². The summed E-state index contributed by atoms with van der Waals surface area (Å²) in [5.74, 6) is -1.83. The minimum Gasteiger partial charge on any atom is -0.504 e. The number of aromatic hydroxyl groups is 1. The first-order valence-electron chi connectivity index (χ1n) is 3.98. The van der Waals surface area contributed by atoms with Crippen molar-refractivity contribution in [1.29, 1.82) is 0 Å². The van der Waals surface area contributed by atoms with Crippen molar-refractivity contribution in [2.45, 2.75) is 0 Å². The first kappa shape index (κ1) is 11.7. The Morgan fingerprint density at radius 1 is 1.60 bits per heavy atom. The number of esters is 1. The second kappa shape index (κ2) is 4.93. The Hall–Kier alpha value is -1.36. The third kappa shape index (κ3) is 3.06. The number of halogens is 2. The number of methoxy groups -OCH3 is 1. The molecule has 0 saturated heterocycles. The average molecular weight is 275 g/mol. The van der Waals surface area contributed by atoms with Crippen LogP contribution in [0.4, 0.5) is 4.39 Å². The van der Waals surface area contributed by atoms with Gasteiger partial charge in [-0.2, -0.15) is 0 Å². The summed E-state index contributed by atoms with van der Waals surface area (Å²) in [6.07, 6.45) is 2.37. The Labute approximate surface area is 94.3 Å². The number of carbonyl (C=O) groups excluding carboxylic acids is 1. The zero-order chi connectivity index (χ0) is 11.4. The molecular formula is C10H8BrFO3. The fraction of sp³-hybridized carbons (Fsp3) is 0.100. The standard InChI is InChI=1S/C10H8BrFO3/c1-15-9(13)3-2-6-4-7(11)5-8(12)10(6)14/h2-5,14H,1H3. The fourth-order valence-corrected chi connectivity index (χ4v) is 1.39. The van der Waals surface area contributed by atoms with Crippen LogP contribution in [0.2, 0.25) is 0 Å². The summed E-state index contributed by atoms with van der Waals surface area (Å²) in [5, 5.41) is 9.31. The lowest BCUT2D eigenvalue weighted by Gasteiger charge is -2.01. The van der Waals surface area contributed by atoms with Crippen molar-refractivity contribution in [1.82, 2.24) is 0 Å². The molecule has 80 valence electrons. The van der Waals surface area contributed by atoms with Crippen LogP contribution >= 0.6 is 15.9 Å². The van der Waals surface area contributed by atoms with Gasteiger partial charge in [-0.05, 0) is 18.2 Å². The Balaban J connectivity index is 3.04. The summed E-state index contributed by atoms with van der Waals surface area (Å²) in [6.45, 7) is 0. The van der Waals surface area contributed by atoms with Crippen molar-refractivity contribution in [3.05, 3.63) is 34.1 Å². The molecule has 5 heteroatoms. The van der Waals surface area contributed by atoms with E-state index in [-0.39, 0.29) is 5.56 Å². The van der Waals surface area contributed by atoms with Gasteiger partial charge in [-0.1, -0.05) is 15.9 Å². The van der Waals surface area contributed by atoms with Crippen LogP contribution in [0.5, 0.6) is 5.75 Å². The molecule has 0 saturated carbocycles. The third-order valence-corrected chi connectivity index (χ3v) is 2.12. The second-order valence-electron chi connectivity index (χ2n) is 2.68. The van der Waals surface area contributed by atoms with Gasteiger partial charge in [0.1, 0.15) is 0 Å². The molecule has 0 heterocycles. The summed E-state index contributed by atoms with van der Waals surface area (Å²) in [4.78, 5) is 10.8. The van der Waals surface area contributed by atoms with E-state index < -0.39 is 17.5 Å². The van der Waals surface area contributed by atoms with Gasteiger partial charge < -0.3 is 9.84 Å². The summed E-state index contributed by atoms with van der Waals surface area (Å²) in [5.41, 5.74) is 0.201. The van der Waals surface area contributed by atoms with Gasteiger partial charge in [-0.15, -0.1) is 0 Å². The van der Waals surface area contributed by atoms with Crippen molar-refractivity contribution in [3.63, 3.8) is 0 Å². The zero-order valence-electron chi connectivity index (χ0n) is 7.83. The molecule has 3 nitrogen and oxygen atoms in total. The van der Waals surface area contributed by atoms with Crippen molar-refractivity contribution in [2.75, 3.05) is 7.11 Å². The molecule has 1 N–H and O–H groups in total. The van der Waals surface area contributed by atoms with E-state index >= 15 is 0 Å². The molecule has 0 bridgehead atoms. The molecule has 0 radical (unpaired) electrons. The predicted molar refractivity (Wildman–Crippen MR) is 56.8 cm³/mol. The van der Waals surface area contributed by atoms with Gasteiger partial charge in [0.25, 0.3) is 0 Å². The molecular weight excluding hydrogens is 267 g/mol. The topological polar surface area (TPSA) is 46.5 Å². The maximum atomic E-state index is 13.0. The highest BCUT2D eigenvalue weighted by molar-refractivity contribution is 9.10. The summed E-state index contributed by atoms with van der Waals surface area (Å²) >= 11 is 3.07. The van der Waals surface area contributed by atoms with Crippen LogP contribution in [0.25, 0.3) is 6.08 Å². The summed E-state index contributed by atoms with van der Waals surface area (Å²) in [7, 11) is 1.23. The highest BCUT2D eigenvalue weighted by Gasteiger charge is 2.06. The molecule has 0 aliphatic heterocycles. The van der Waals surface area contributed by atoms with Crippen LogP contribution in [0, 0.1) is 5.82 Å². The Morgan fingerprint density at radius 3 is 2.87 bits per heavy atom. The molecule has 0 spiro atoms. The number of phenols is 1. The number of hydrogen-bond donors (Lipinski definition) is 1. The lowest BCUT2D eigenvalue weighted by molar-refractivity contribution is -0.134. The van der Waals surface area contributed by atoms with Gasteiger partial charge in [0, 0.05) is 16.1 Å². The molecule has 0 fully saturated rings. The van der Waals surface area contributed by atoms with E-state index in [2.05, 4.69) is 20.7 Å². The molecule has 0 aliphatic rings. The Morgan fingerprint density at radius 2 is 2.27 bits per heavy atom. The largest absolute Gasteiger partial charge is 0.504 e. The van der Waals surface area contributed by atoms with Crippen LogP contribution in [-0.2, 0) is 9.53 Å². The molecule has 0 aliphatic carbocycles. The van der Waals surface area contributed by atoms with Crippen molar-refractivity contribution in [2.24, 2.45) is 0 Å². The molecule has 0 amide bonds. The number of ether oxygens (including phenoxy) is 1. The minimum atomic E-state index is -0.756. The molecule has 1 aromatic carbocycles. The first-order valence-corrected chi connectivity index (χ1v) is 4.78. The third-order valence-electron chi connectivity index (χ3n) is 1.66. The smallest absolute Gasteiger partial charge is 0.330 e. The van der Waals surface area contributed by atoms with Gasteiger partial charge in [-0.3, -0.25) is 0 Å². The summed E-state index contributed by atoms with van der Waals surface area (Å²) in [6, 6.07) is 2.61. The van der Waals surface area contributed by atoms with Crippen molar-refractivity contribution < 1.29 is 19.0 Å². The maximum absolute atomic E-state index is 13.0. The average Bonchev–Trinajstić information content (AvgIpc) is 2.20. The SMILES string of the molecule is COC(=O)C=Cc1cc(Br)cc(F)c1O. The fourth-order valence-electron chi connectivity index (χ4n) is 0.939. The molecule has 0 unspecified atom stereocenters. The predicted octanol–water partition coefficient (Wildman–Crippen LogP) is 2.48. The number of rotatable bonds is 2. The highest BCUT2D eigenvalue weighted by atomic mass is 79.9. The Bertz CT molecular complexity index is 415. The van der Waals surface area contributed by atoms with Crippen molar-refractivity contribution in [3.8, 4) is 5.75 Å². The zero-order valence-corrected chi connectivity index (χ0v) is 9.42. The highest BCUT2D eigenvalue weighted by Crippen LogP contribution is 2.26. The number of hydrogen-bond acceptors (Lipinski definition) is 3.